The van der Waals surface area contributed by atoms with Gasteiger partial charge in [-0.1, -0.05) is 24.6 Å². The van der Waals surface area contributed by atoms with Crippen LogP contribution in [0.25, 0.3) is 0 Å². The molecule has 108 valence electrons. The Kier molecular flexibility index (Phi) is 3.82. The zero-order valence-electron chi connectivity index (χ0n) is 11.8. The monoisotopic (exact) mass is 283 g/mol. The molecule has 1 aromatic heterocycles. The molecule has 1 saturated carbocycles. The Morgan fingerprint density at radius 2 is 2.10 bits per heavy atom. The third-order valence-electron chi connectivity index (χ3n) is 4.59. The van der Waals surface area contributed by atoms with Crippen LogP contribution in [0.2, 0.25) is 0 Å². The van der Waals surface area contributed by atoms with E-state index in [9.17, 15) is 9.18 Å². The van der Waals surface area contributed by atoms with E-state index < -0.39 is 0 Å². The molecule has 1 atom stereocenters. The summed E-state index contributed by atoms with van der Waals surface area (Å²) in [5.74, 6) is -0.436. The van der Waals surface area contributed by atoms with Crippen molar-refractivity contribution < 1.29 is 9.18 Å². The van der Waals surface area contributed by atoms with E-state index in [0.29, 0.717) is 6.42 Å². The summed E-state index contributed by atoms with van der Waals surface area (Å²) < 4.78 is 13.5. The Labute approximate surface area is 124 Å². The van der Waals surface area contributed by atoms with Gasteiger partial charge in [0.25, 0.3) is 0 Å². The molecule has 1 aromatic carbocycles. The number of aromatic nitrogens is 1. The molecule has 1 aliphatic rings. The van der Waals surface area contributed by atoms with E-state index in [2.05, 4.69) is 4.98 Å². The van der Waals surface area contributed by atoms with E-state index in [1.807, 2.05) is 24.3 Å². The first-order chi connectivity index (χ1) is 10.2. The Bertz CT molecular complexity index is 622. The van der Waals surface area contributed by atoms with E-state index in [4.69, 9.17) is 0 Å². The topological polar surface area (TPSA) is 30.0 Å². The van der Waals surface area contributed by atoms with Crippen LogP contribution in [0.4, 0.5) is 4.39 Å². The van der Waals surface area contributed by atoms with E-state index >= 15 is 0 Å². The molecule has 2 aromatic rings. The number of benzene rings is 1. The number of nitrogens with zero attached hydrogens (tertiary/aromatic N) is 1. The van der Waals surface area contributed by atoms with Gasteiger partial charge in [-0.05, 0) is 54.5 Å². The average molecular weight is 283 g/mol. The lowest BCUT2D eigenvalue weighted by molar-refractivity contribution is -0.109. The molecule has 3 heteroatoms. The zero-order chi connectivity index (χ0) is 14.7. The first-order valence-electron chi connectivity index (χ1n) is 7.36. The summed E-state index contributed by atoms with van der Waals surface area (Å²) in [7, 11) is 0. The van der Waals surface area contributed by atoms with Crippen LogP contribution in [0, 0.1) is 5.82 Å². The number of carbonyl (C=O) groups is 1. The van der Waals surface area contributed by atoms with Gasteiger partial charge >= 0.3 is 0 Å². The van der Waals surface area contributed by atoms with E-state index in [0.717, 1.165) is 36.8 Å². The summed E-state index contributed by atoms with van der Waals surface area (Å²) in [4.78, 5) is 15.8. The standard InChI is InChI=1S/C18H18FNO/c19-16-6-3-5-15(11-16)18(8-4-9-18)12-14(13-21)17-7-1-2-10-20-17/h1-3,5-7,10-11,13-14H,4,8-9,12H2. The molecule has 0 spiro atoms. The molecule has 0 saturated heterocycles. The van der Waals surface area contributed by atoms with Gasteiger partial charge in [-0.2, -0.15) is 0 Å². The predicted molar refractivity (Wildman–Crippen MR) is 79.6 cm³/mol. The molecular formula is C18H18FNO. The van der Waals surface area contributed by atoms with Crippen molar-refractivity contribution in [2.24, 2.45) is 0 Å². The second-order valence-corrected chi connectivity index (χ2v) is 5.85. The number of pyridine rings is 1. The average Bonchev–Trinajstić information content (AvgIpc) is 2.48. The molecule has 0 amide bonds. The van der Waals surface area contributed by atoms with Crippen LogP contribution in [-0.4, -0.2) is 11.3 Å². The molecule has 0 aliphatic heterocycles. The number of rotatable bonds is 5. The zero-order valence-corrected chi connectivity index (χ0v) is 11.8. The summed E-state index contributed by atoms with van der Waals surface area (Å²) in [6.07, 6.45) is 6.53. The van der Waals surface area contributed by atoms with Gasteiger partial charge in [0.05, 0.1) is 11.6 Å². The lowest BCUT2D eigenvalue weighted by atomic mass is 9.60. The second-order valence-electron chi connectivity index (χ2n) is 5.85. The number of hydrogen-bond acceptors (Lipinski definition) is 2. The number of halogens is 1. The molecule has 0 N–H and O–H groups in total. The van der Waals surface area contributed by atoms with Crippen LogP contribution in [0.1, 0.15) is 42.9 Å². The van der Waals surface area contributed by atoms with Crippen LogP contribution >= 0.6 is 0 Å². The van der Waals surface area contributed by atoms with Crippen molar-refractivity contribution in [2.75, 3.05) is 0 Å². The smallest absolute Gasteiger partial charge is 0.129 e. The van der Waals surface area contributed by atoms with Crippen molar-refractivity contribution in [3.8, 4) is 0 Å². The summed E-state index contributed by atoms with van der Waals surface area (Å²) in [5, 5.41) is 0. The highest BCUT2D eigenvalue weighted by atomic mass is 19.1. The van der Waals surface area contributed by atoms with Gasteiger partial charge in [-0.25, -0.2) is 4.39 Å². The van der Waals surface area contributed by atoms with Crippen molar-refractivity contribution in [3.63, 3.8) is 0 Å². The van der Waals surface area contributed by atoms with Crippen molar-refractivity contribution in [1.29, 1.82) is 0 Å². The van der Waals surface area contributed by atoms with E-state index in [1.54, 1.807) is 18.3 Å². The van der Waals surface area contributed by atoms with Gasteiger partial charge in [-0.3, -0.25) is 4.98 Å². The van der Waals surface area contributed by atoms with Gasteiger partial charge < -0.3 is 4.79 Å². The summed E-state index contributed by atoms with van der Waals surface area (Å²) in [6, 6.07) is 12.4. The highest BCUT2D eigenvalue weighted by Gasteiger charge is 2.41. The van der Waals surface area contributed by atoms with Crippen molar-refractivity contribution in [2.45, 2.75) is 37.0 Å². The molecule has 3 rings (SSSR count). The highest BCUT2D eigenvalue weighted by Crippen LogP contribution is 2.49. The molecule has 0 bridgehead atoms. The van der Waals surface area contributed by atoms with Gasteiger partial charge in [-0.15, -0.1) is 0 Å². The molecule has 21 heavy (non-hydrogen) atoms. The Balaban J connectivity index is 1.88. The Hall–Kier alpha value is -2.03. The molecule has 0 radical (unpaired) electrons. The number of hydrogen-bond donors (Lipinski definition) is 0. The van der Waals surface area contributed by atoms with E-state index in [1.165, 1.54) is 6.07 Å². The Morgan fingerprint density at radius 3 is 2.67 bits per heavy atom. The number of carbonyl (C=O) groups excluding carboxylic acids is 1. The van der Waals surface area contributed by atoms with Crippen LogP contribution in [0.5, 0.6) is 0 Å². The van der Waals surface area contributed by atoms with Crippen LogP contribution in [0.15, 0.2) is 48.7 Å². The highest BCUT2D eigenvalue weighted by molar-refractivity contribution is 5.61. The lowest BCUT2D eigenvalue weighted by Gasteiger charge is -2.44. The van der Waals surface area contributed by atoms with Gasteiger partial charge in [0, 0.05) is 6.20 Å². The number of aldehydes is 1. The minimum atomic E-state index is -0.227. The second kappa shape index (κ2) is 5.76. The molecule has 1 fully saturated rings. The fraction of sp³-hybridized carbons (Fsp3) is 0.333. The van der Waals surface area contributed by atoms with Gasteiger partial charge in [0.15, 0.2) is 0 Å². The van der Waals surface area contributed by atoms with Crippen molar-refractivity contribution in [1.82, 2.24) is 4.98 Å². The minimum Gasteiger partial charge on any atom is -0.303 e. The third kappa shape index (κ3) is 2.73. The fourth-order valence-corrected chi connectivity index (χ4v) is 3.27. The maximum atomic E-state index is 13.5. The quantitative estimate of drug-likeness (QED) is 0.776. The lowest BCUT2D eigenvalue weighted by Crippen LogP contribution is -2.36. The summed E-state index contributed by atoms with van der Waals surface area (Å²) in [6.45, 7) is 0. The molecule has 2 nitrogen and oxygen atoms in total. The first-order valence-corrected chi connectivity index (χ1v) is 7.36. The van der Waals surface area contributed by atoms with Crippen LogP contribution in [0.3, 0.4) is 0 Å². The molecular weight excluding hydrogens is 265 g/mol. The fourth-order valence-electron chi connectivity index (χ4n) is 3.27. The van der Waals surface area contributed by atoms with Crippen molar-refractivity contribution in [3.05, 3.63) is 65.7 Å². The molecule has 1 aliphatic carbocycles. The van der Waals surface area contributed by atoms with E-state index in [-0.39, 0.29) is 17.2 Å². The summed E-state index contributed by atoms with van der Waals surface area (Å²) in [5.41, 5.74) is 1.73. The predicted octanol–water partition coefficient (Wildman–Crippen LogP) is 4.02. The van der Waals surface area contributed by atoms with Crippen LogP contribution in [-0.2, 0) is 10.2 Å². The third-order valence-corrected chi connectivity index (χ3v) is 4.59. The first kappa shape index (κ1) is 13.9. The maximum Gasteiger partial charge on any atom is 0.129 e. The maximum absolute atomic E-state index is 13.5. The minimum absolute atomic E-state index is 0.0782. The summed E-state index contributed by atoms with van der Waals surface area (Å²) >= 11 is 0. The van der Waals surface area contributed by atoms with Gasteiger partial charge in [0.1, 0.15) is 12.1 Å². The van der Waals surface area contributed by atoms with Gasteiger partial charge in [0.2, 0.25) is 0 Å². The van der Waals surface area contributed by atoms with Crippen LogP contribution < -0.4 is 0 Å². The Morgan fingerprint density at radius 1 is 1.24 bits per heavy atom. The largest absolute Gasteiger partial charge is 0.303 e. The van der Waals surface area contributed by atoms with Crippen molar-refractivity contribution >= 4 is 6.29 Å². The molecule has 1 unspecified atom stereocenters. The molecule has 1 heterocycles. The normalized spacial score (nSPS) is 17.8. The SMILES string of the molecule is O=CC(CC1(c2cccc(F)c2)CCC1)c1ccccn1.